The predicted molar refractivity (Wildman–Crippen MR) is 210 cm³/mol. The summed E-state index contributed by atoms with van der Waals surface area (Å²) in [5.74, 6) is 1.11. The van der Waals surface area contributed by atoms with Crippen molar-refractivity contribution < 1.29 is 43.0 Å². The monoisotopic (exact) mass is 757 g/mol. The van der Waals surface area contributed by atoms with Crippen molar-refractivity contribution in [3.8, 4) is 23.0 Å². The van der Waals surface area contributed by atoms with E-state index in [4.69, 9.17) is 28.3 Å². The van der Waals surface area contributed by atoms with Crippen LogP contribution in [0.25, 0.3) is 27.4 Å². The molecule has 0 radical (unpaired) electrons. The average molecular weight is 758 g/mol. The van der Waals surface area contributed by atoms with E-state index in [0.717, 1.165) is 16.3 Å². The number of hydrogen-bond donors (Lipinski definition) is 1. The van der Waals surface area contributed by atoms with Gasteiger partial charge in [0.25, 0.3) is 0 Å². The number of nitrogens with zero attached hydrogens (tertiary/aromatic N) is 3. The number of methoxy groups -OCH3 is 2. The highest BCUT2D eigenvalue weighted by Gasteiger charge is 2.55. The summed E-state index contributed by atoms with van der Waals surface area (Å²) >= 11 is 0. The summed E-state index contributed by atoms with van der Waals surface area (Å²) in [6.07, 6.45) is -1.33. The second-order valence-electron chi connectivity index (χ2n) is 14.0. The molecule has 1 amide bonds. The molecule has 5 aromatic carbocycles. The molecule has 1 N–H and O–H groups in total. The Labute approximate surface area is 324 Å². The van der Waals surface area contributed by atoms with Gasteiger partial charge in [0.1, 0.15) is 16.8 Å². The first-order valence-corrected chi connectivity index (χ1v) is 18.4. The van der Waals surface area contributed by atoms with Crippen LogP contribution in [0.3, 0.4) is 0 Å². The van der Waals surface area contributed by atoms with Crippen LogP contribution in [-0.4, -0.2) is 65.4 Å². The Morgan fingerprint density at radius 1 is 0.821 bits per heavy atom. The van der Waals surface area contributed by atoms with Crippen molar-refractivity contribution in [2.45, 2.75) is 58.5 Å². The lowest BCUT2D eigenvalue weighted by Crippen LogP contribution is -2.52. The van der Waals surface area contributed by atoms with Gasteiger partial charge in [0.05, 0.1) is 32.0 Å². The number of carbonyl (C=O) groups excluding carboxylic acids is 1. The molecule has 56 heavy (non-hydrogen) atoms. The number of carbonyl (C=O) groups is 2. The number of cyclic esters (lactones) is 1. The van der Waals surface area contributed by atoms with E-state index in [1.165, 1.54) is 4.90 Å². The summed E-state index contributed by atoms with van der Waals surface area (Å²) in [6.45, 7) is 7.61. The zero-order valence-electron chi connectivity index (χ0n) is 32.1. The number of rotatable bonds is 14. The lowest BCUT2D eigenvalue weighted by molar-refractivity contribution is -0.161. The highest BCUT2D eigenvalue weighted by Crippen LogP contribution is 2.50. The molecule has 1 aliphatic rings. The molecule has 1 unspecified atom stereocenters. The van der Waals surface area contributed by atoms with E-state index >= 15 is 0 Å². The summed E-state index contributed by atoms with van der Waals surface area (Å²) in [4.78, 5) is 29.6. The minimum Gasteiger partial charge on any atom is -0.497 e. The number of hydrogen-bond acceptors (Lipinski definition) is 10. The van der Waals surface area contributed by atoms with E-state index in [0.29, 0.717) is 62.7 Å². The van der Waals surface area contributed by atoms with E-state index in [9.17, 15) is 14.7 Å². The smallest absolute Gasteiger partial charge is 0.410 e. The van der Waals surface area contributed by atoms with Gasteiger partial charge in [-0.1, -0.05) is 48.5 Å². The molecule has 12 heteroatoms. The third kappa shape index (κ3) is 7.17. The van der Waals surface area contributed by atoms with E-state index in [1.54, 1.807) is 56.7 Å². The van der Waals surface area contributed by atoms with Gasteiger partial charge >= 0.3 is 12.1 Å². The van der Waals surface area contributed by atoms with Gasteiger partial charge < -0.3 is 28.8 Å². The van der Waals surface area contributed by atoms with Crippen LogP contribution in [0.5, 0.6) is 23.0 Å². The SMILES string of the molecule is COc1ccc(C2(N(CCc3cccc4ccccc34)C(=O)O)OC(=O)C(c3ccc4nonc4c3)=C2Cc2cc(OC)c(OC(C)C)c(OC(C)C)c2)cc1. The van der Waals surface area contributed by atoms with E-state index in [2.05, 4.69) is 10.3 Å². The van der Waals surface area contributed by atoms with Crippen molar-refractivity contribution in [2.75, 3.05) is 20.8 Å². The predicted octanol–water partition coefficient (Wildman–Crippen LogP) is 8.60. The maximum atomic E-state index is 14.6. The summed E-state index contributed by atoms with van der Waals surface area (Å²) < 4.78 is 35.3. The number of esters is 1. The third-order valence-electron chi connectivity index (χ3n) is 9.67. The molecule has 1 aliphatic heterocycles. The van der Waals surface area contributed by atoms with Crippen LogP contribution in [0.2, 0.25) is 0 Å². The van der Waals surface area contributed by atoms with E-state index in [-0.39, 0.29) is 30.7 Å². The van der Waals surface area contributed by atoms with Gasteiger partial charge in [-0.3, -0.25) is 4.90 Å². The van der Waals surface area contributed by atoms with E-state index in [1.807, 2.05) is 82.3 Å². The first-order chi connectivity index (χ1) is 27.0. The van der Waals surface area contributed by atoms with Crippen LogP contribution in [0, 0.1) is 0 Å². The summed E-state index contributed by atoms with van der Waals surface area (Å²) in [5, 5.41) is 21.2. The van der Waals surface area contributed by atoms with E-state index < -0.39 is 17.8 Å². The molecule has 0 saturated carbocycles. The number of fused-ring (bicyclic) bond motifs is 2. The maximum absolute atomic E-state index is 14.6. The lowest BCUT2D eigenvalue weighted by Gasteiger charge is -2.40. The van der Waals surface area contributed by atoms with Crippen molar-refractivity contribution in [1.29, 1.82) is 0 Å². The number of benzene rings is 5. The van der Waals surface area contributed by atoms with Gasteiger partial charge in [-0.25, -0.2) is 14.2 Å². The highest BCUT2D eigenvalue weighted by molar-refractivity contribution is 6.21. The number of ether oxygens (including phenoxy) is 5. The molecule has 288 valence electrons. The third-order valence-corrected chi connectivity index (χ3v) is 9.67. The molecule has 1 aromatic heterocycles. The molecule has 12 nitrogen and oxygen atoms in total. The van der Waals surface area contributed by atoms with Crippen molar-refractivity contribution >= 4 is 39.4 Å². The fraction of sp³-hybridized carbons (Fsp3) is 0.273. The molecular formula is C44H43N3O9. The Balaban J connectivity index is 1.47. The van der Waals surface area contributed by atoms with Crippen molar-refractivity contribution in [1.82, 2.24) is 15.2 Å². The van der Waals surface area contributed by atoms with Crippen LogP contribution in [0.1, 0.15) is 49.9 Å². The Kier molecular flexibility index (Phi) is 10.6. The molecule has 0 bridgehead atoms. The van der Waals surface area contributed by atoms with Gasteiger partial charge in [-0.2, -0.15) is 0 Å². The fourth-order valence-electron chi connectivity index (χ4n) is 7.31. The molecule has 1 atom stereocenters. The highest BCUT2D eigenvalue weighted by atomic mass is 16.6. The number of aromatic nitrogens is 2. The average Bonchev–Trinajstić information content (AvgIpc) is 3.77. The second-order valence-corrected chi connectivity index (χ2v) is 14.0. The summed E-state index contributed by atoms with van der Waals surface area (Å²) in [5.41, 5.74) is 1.98. The van der Waals surface area contributed by atoms with Crippen LogP contribution in [0.15, 0.2) is 107 Å². The molecule has 2 heterocycles. The summed E-state index contributed by atoms with van der Waals surface area (Å²) in [6, 6.07) is 29.5. The quantitative estimate of drug-likeness (QED) is 0.107. The minimum absolute atomic E-state index is 0.0299. The van der Waals surface area contributed by atoms with Crippen molar-refractivity contribution in [2.24, 2.45) is 0 Å². The first-order valence-electron chi connectivity index (χ1n) is 18.4. The Morgan fingerprint density at radius 2 is 1.54 bits per heavy atom. The Morgan fingerprint density at radius 3 is 2.25 bits per heavy atom. The zero-order valence-corrected chi connectivity index (χ0v) is 32.1. The largest absolute Gasteiger partial charge is 0.497 e. The van der Waals surface area contributed by atoms with Crippen LogP contribution in [-0.2, 0) is 28.1 Å². The standard InChI is InChI=1S/C44H43N3O9/c1-26(2)53-39-24-28(23-38(52-6)41(39)54-27(3)4)22-35-40(31-14-19-36-37(25-31)46-56-45-36)42(48)55-44(35,32-15-17-33(51-5)18-16-32)47(43(49)50)21-20-30-12-9-11-29-10-7-8-13-34(29)30/h7-19,23-27H,20-22H2,1-6H3,(H,49,50). The molecular weight excluding hydrogens is 714 g/mol. The molecule has 0 fully saturated rings. The second kappa shape index (κ2) is 15.7. The minimum atomic E-state index is -1.94. The van der Waals surface area contributed by atoms with Crippen LogP contribution >= 0.6 is 0 Å². The van der Waals surface area contributed by atoms with Crippen LogP contribution in [0.4, 0.5) is 4.79 Å². The van der Waals surface area contributed by atoms with Gasteiger partial charge in [-0.15, -0.1) is 0 Å². The molecule has 0 saturated heterocycles. The van der Waals surface area contributed by atoms with Gasteiger partial charge in [0, 0.05) is 24.1 Å². The molecule has 6 aromatic rings. The van der Waals surface area contributed by atoms with Crippen molar-refractivity contribution in [3.05, 3.63) is 125 Å². The van der Waals surface area contributed by atoms with Crippen LogP contribution < -0.4 is 18.9 Å². The van der Waals surface area contributed by atoms with Gasteiger partial charge in [0.2, 0.25) is 11.5 Å². The van der Waals surface area contributed by atoms with Gasteiger partial charge in [0.15, 0.2) is 11.5 Å². The fourth-order valence-corrected chi connectivity index (χ4v) is 7.31. The molecule has 7 rings (SSSR count). The molecule has 0 aliphatic carbocycles. The van der Waals surface area contributed by atoms with Crippen molar-refractivity contribution in [3.63, 3.8) is 0 Å². The Bertz CT molecular complexity index is 2430. The number of amides is 1. The summed E-state index contributed by atoms with van der Waals surface area (Å²) in [7, 11) is 3.09. The number of carboxylic acid groups (broad SMARTS) is 1. The lowest BCUT2D eigenvalue weighted by atomic mass is 9.84. The Hall–Kier alpha value is -6.56. The zero-order chi connectivity index (χ0) is 39.6. The normalized spacial score (nSPS) is 15.5. The topological polar surface area (TPSA) is 143 Å². The van der Waals surface area contributed by atoms with Gasteiger partial charge in [-0.05, 0) is 120 Å². The maximum Gasteiger partial charge on any atom is 0.410 e. The molecule has 0 spiro atoms. The first kappa shape index (κ1) is 37.7.